The highest BCUT2D eigenvalue weighted by atomic mass is 79.9. The van der Waals surface area contributed by atoms with Gasteiger partial charge in [-0.25, -0.2) is 4.90 Å². The molecule has 5 heteroatoms. The smallest absolute Gasteiger partial charge is 0.267 e. The summed E-state index contributed by atoms with van der Waals surface area (Å²) in [5.74, 6) is 0.141. The molecule has 3 rings (SSSR count). The molecule has 1 atom stereocenters. The molecule has 0 saturated heterocycles. The summed E-state index contributed by atoms with van der Waals surface area (Å²) < 4.78 is 6.26. The van der Waals surface area contributed by atoms with Gasteiger partial charge in [0.15, 0.2) is 5.72 Å². The van der Waals surface area contributed by atoms with E-state index in [1.54, 1.807) is 19.1 Å². The van der Waals surface area contributed by atoms with E-state index in [0.29, 0.717) is 24.2 Å². The van der Waals surface area contributed by atoms with Gasteiger partial charge < -0.3 is 4.74 Å². The lowest BCUT2D eigenvalue weighted by Gasteiger charge is -2.46. The van der Waals surface area contributed by atoms with Crippen molar-refractivity contribution in [1.82, 2.24) is 4.90 Å². The van der Waals surface area contributed by atoms with Gasteiger partial charge in [0.2, 0.25) is 5.91 Å². The molecular weight excluding hydrogens is 346 g/mol. The molecule has 0 radical (unpaired) electrons. The average Bonchev–Trinajstić information content (AvgIpc) is 2.73. The molecule has 1 fully saturated rings. The Morgan fingerprint density at radius 2 is 1.86 bits per heavy atom. The molecule has 1 aromatic carbocycles. The van der Waals surface area contributed by atoms with Crippen molar-refractivity contribution in [3.8, 4) is 5.75 Å². The van der Waals surface area contributed by atoms with Gasteiger partial charge in [-0.05, 0) is 31.9 Å². The number of hydrogen-bond acceptors (Lipinski definition) is 3. The number of imide groups is 1. The lowest BCUT2D eigenvalue weighted by atomic mass is 9.96. The number of rotatable bonds is 1. The summed E-state index contributed by atoms with van der Waals surface area (Å²) in [6.45, 7) is 1.75. The van der Waals surface area contributed by atoms with Crippen molar-refractivity contribution >= 4 is 27.7 Å². The number of amides is 2. The Morgan fingerprint density at radius 3 is 2.50 bits per heavy atom. The van der Waals surface area contributed by atoms with Crippen LogP contribution in [0, 0.1) is 0 Å². The van der Waals surface area contributed by atoms with Crippen LogP contribution in [0.5, 0.6) is 5.75 Å². The van der Waals surface area contributed by atoms with Crippen LogP contribution in [0.1, 0.15) is 55.8 Å². The average molecular weight is 366 g/mol. The first kappa shape index (κ1) is 15.5. The first-order valence-electron chi connectivity index (χ1n) is 7.86. The van der Waals surface area contributed by atoms with Crippen molar-refractivity contribution in [2.45, 2.75) is 56.0 Å². The van der Waals surface area contributed by atoms with Gasteiger partial charge in [0.05, 0.1) is 10.4 Å². The Bertz CT molecular complexity index is 591. The number of carbonyl (C=O) groups excluding carboxylic acids is 2. The number of halogens is 1. The van der Waals surface area contributed by atoms with Gasteiger partial charge in [-0.3, -0.25) is 9.59 Å². The number of ether oxygens (including phenoxy) is 1. The first-order valence-corrected chi connectivity index (χ1v) is 8.77. The number of carbonyl (C=O) groups is 2. The maximum atomic E-state index is 13.0. The van der Waals surface area contributed by atoms with Crippen LogP contribution in [0.2, 0.25) is 0 Å². The molecule has 2 aliphatic rings. The van der Waals surface area contributed by atoms with Crippen LogP contribution in [0.3, 0.4) is 0 Å². The highest BCUT2D eigenvalue weighted by Gasteiger charge is 2.50. The maximum Gasteiger partial charge on any atom is 0.267 e. The Balaban J connectivity index is 2.09. The summed E-state index contributed by atoms with van der Waals surface area (Å²) >= 11 is 3.31. The number of alkyl halides is 1. The van der Waals surface area contributed by atoms with Gasteiger partial charge in [-0.1, -0.05) is 40.9 Å². The summed E-state index contributed by atoms with van der Waals surface area (Å²) in [4.78, 5) is 26.6. The van der Waals surface area contributed by atoms with Crippen molar-refractivity contribution < 1.29 is 14.3 Å². The van der Waals surface area contributed by atoms with Crippen molar-refractivity contribution in [2.24, 2.45) is 0 Å². The van der Waals surface area contributed by atoms with Gasteiger partial charge in [-0.2, -0.15) is 0 Å². The number of hydrogen-bond donors (Lipinski definition) is 0. The predicted molar refractivity (Wildman–Crippen MR) is 87.1 cm³/mol. The summed E-state index contributed by atoms with van der Waals surface area (Å²) in [6, 6.07) is 7.20. The van der Waals surface area contributed by atoms with Crippen LogP contribution in [0.15, 0.2) is 24.3 Å². The van der Waals surface area contributed by atoms with E-state index in [4.69, 9.17) is 4.74 Å². The summed E-state index contributed by atoms with van der Waals surface area (Å²) in [5, 5.41) is 0. The minimum absolute atomic E-state index is 0.221. The second-order valence-electron chi connectivity index (χ2n) is 6.05. The monoisotopic (exact) mass is 365 g/mol. The van der Waals surface area contributed by atoms with E-state index in [1.165, 1.54) is 4.90 Å². The molecule has 0 N–H and O–H groups in total. The van der Waals surface area contributed by atoms with Crippen molar-refractivity contribution in [1.29, 1.82) is 0 Å². The summed E-state index contributed by atoms with van der Waals surface area (Å²) in [6.07, 6.45) is 5.59. The molecule has 118 valence electrons. The van der Waals surface area contributed by atoms with Gasteiger partial charge in [0.1, 0.15) is 5.75 Å². The fourth-order valence-corrected chi connectivity index (χ4v) is 3.58. The van der Waals surface area contributed by atoms with Crippen LogP contribution in [0.25, 0.3) is 0 Å². The minimum Gasteiger partial charge on any atom is -0.467 e. The molecule has 1 aromatic rings. The van der Waals surface area contributed by atoms with E-state index < -0.39 is 10.6 Å². The molecule has 1 spiro atoms. The zero-order valence-electron chi connectivity index (χ0n) is 12.7. The Hall–Kier alpha value is -1.36. The second-order valence-corrected chi connectivity index (χ2v) is 7.43. The third-order valence-corrected chi connectivity index (χ3v) is 4.87. The lowest BCUT2D eigenvalue weighted by molar-refractivity contribution is -0.149. The number of benzene rings is 1. The fraction of sp³-hybridized carbons (Fsp3) is 0.529. The van der Waals surface area contributed by atoms with Gasteiger partial charge in [0.25, 0.3) is 5.91 Å². The third kappa shape index (κ3) is 2.56. The van der Waals surface area contributed by atoms with E-state index in [0.717, 1.165) is 25.7 Å². The van der Waals surface area contributed by atoms with E-state index in [1.807, 2.05) is 12.1 Å². The van der Waals surface area contributed by atoms with E-state index in [2.05, 4.69) is 15.9 Å². The maximum absolute atomic E-state index is 13.0. The highest BCUT2D eigenvalue weighted by Crippen LogP contribution is 2.41. The number of fused-ring (bicyclic) bond motifs is 1. The number of para-hydroxylation sites is 1. The van der Waals surface area contributed by atoms with Crippen molar-refractivity contribution in [2.75, 3.05) is 0 Å². The molecule has 22 heavy (non-hydrogen) atoms. The van der Waals surface area contributed by atoms with E-state index in [-0.39, 0.29) is 11.8 Å². The standard InChI is InChI=1S/C17H20BrNO3/c1-12(18)15(20)19-16(21)13-8-4-5-9-14(13)22-17(19)10-6-2-3-7-11-17/h4-5,8-9,12H,2-3,6-7,10-11H2,1H3. The summed E-state index contributed by atoms with van der Waals surface area (Å²) in [5.41, 5.74) is -0.347. The molecule has 1 heterocycles. The molecule has 1 aliphatic carbocycles. The Morgan fingerprint density at radius 1 is 1.23 bits per heavy atom. The zero-order valence-corrected chi connectivity index (χ0v) is 14.3. The molecule has 0 aromatic heterocycles. The topological polar surface area (TPSA) is 46.6 Å². The van der Waals surface area contributed by atoms with Crippen LogP contribution in [0.4, 0.5) is 0 Å². The molecule has 1 aliphatic heterocycles. The molecule has 0 bridgehead atoms. The van der Waals surface area contributed by atoms with Crippen molar-refractivity contribution in [3.05, 3.63) is 29.8 Å². The van der Waals surface area contributed by atoms with Crippen LogP contribution in [-0.2, 0) is 4.79 Å². The van der Waals surface area contributed by atoms with E-state index in [9.17, 15) is 9.59 Å². The molecule has 2 amide bonds. The predicted octanol–water partition coefficient (Wildman–Crippen LogP) is 3.88. The third-order valence-electron chi connectivity index (χ3n) is 4.47. The minimum atomic E-state index is -0.818. The highest BCUT2D eigenvalue weighted by molar-refractivity contribution is 9.10. The van der Waals surface area contributed by atoms with Crippen molar-refractivity contribution in [3.63, 3.8) is 0 Å². The Labute approximate surface area is 138 Å². The van der Waals surface area contributed by atoms with E-state index >= 15 is 0 Å². The Kier molecular flexibility index (Phi) is 4.26. The normalized spacial score (nSPS) is 21.7. The van der Waals surface area contributed by atoms with Crippen LogP contribution >= 0.6 is 15.9 Å². The largest absolute Gasteiger partial charge is 0.467 e. The molecular formula is C17H20BrNO3. The van der Waals surface area contributed by atoms with Gasteiger partial charge >= 0.3 is 0 Å². The van der Waals surface area contributed by atoms with Crippen LogP contribution < -0.4 is 4.74 Å². The molecule has 1 saturated carbocycles. The quantitative estimate of drug-likeness (QED) is 0.709. The van der Waals surface area contributed by atoms with Crippen LogP contribution in [-0.4, -0.2) is 27.3 Å². The second kappa shape index (κ2) is 6.03. The SMILES string of the molecule is CC(Br)C(=O)N1C(=O)c2ccccc2OC12CCCCCC2. The fourth-order valence-electron chi connectivity index (χ4n) is 3.37. The lowest BCUT2D eigenvalue weighted by Crippen LogP contribution is -2.62. The summed E-state index contributed by atoms with van der Waals surface area (Å²) in [7, 11) is 0. The molecule has 4 nitrogen and oxygen atoms in total. The van der Waals surface area contributed by atoms with Gasteiger partial charge in [0, 0.05) is 12.8 Å². The number of nitrogens with zero attached hydrogens (tertiary/aromatic N) is 1. The molecule has 1 unspecified atom stereocenters. The zero-order chi connectivity index (χ0) is 15.7. The first-order chi connectivity index (χ1) is 10.6. The van der Waals surface area contributed by atoms with Gasteiger partial charge in [-0.15, -0.1) is 0 Å².